The normalized spacial score (nSPS) is 13.2. The largest absolute Gasteiger partial charge is 0.388 e. The molecular weight excluding hydrogens is 186 g/mol. The SMILES string of the molecule is CCSCC(C)n1cnnc1CO. The number of aromatic nitrogens is 3. The summed E-state index contributed by atoms with van der Waals surface area (Å²) in [4.78, 5) is 0. The summed E-state index contributed by atoms with van der Waals surface area (Å²) in [5.41, 5.74) is 0. The van der Waals surface area contributed by atoms with Crippen molar-refractivity contribution in [2.45, 2.75) is 26.5 Å². The molecule has 0 spiro atoms. The van der Waals surface area contributed by atoms with Gasteiger partial charge in [-0.25, -0.2) is 0 Å². The molecule has 0 radical (unpaired) electrons. The molecule has 0 saturated heterocycles. The minimum absolute atomic E-state index is 0.0405. The van der Waals surface area contributed by atoms with Crippen LogP contribution in [-0.2, 0) is 6.61 Å². The first-order chi connectivity index (χ1) is 6.29. The van der Waals surface area contributed by atoms with Gasteiger partial charge in [-0.2, -0.15) is 11.8 Å². The quantitative estimate of drug-likeness (QED) is 0.774. The summed E-state index contributed by atoms with van der Waals surface area (Å²) in [5, 5.41) is 16.5. The van der Waals surface area contributed by atoms with Gasteiger partial charge in [0.15, 0.2) is 5.82 Å². The Morgan fingerprint density at radius 3 is 3.08 bits per heavy atom. The third-order valence-electron chi connectivity index (χ3n) is 1.83. The monoisotopic (exact) mass is 201 g/mol. The molecule has 0 aliphatic heterocycles. The van der Waals surface area contributed by atoms with E-state index in [-0.39, 0.29) is 6.61 Å². The molecule has 0 saturated carbocycles. The highest BCUT2D eigenvalue weighted by atomic mass is 32.2. The lowest BCUT2D eigenvalue weighted by atomic mass is 10.4. The van der Waals surface area contributed by atoms with E-state index in [0.29, 0.717) is 11.9 Å². The van der Waals surface area contributed by atoms with Gasteiger partial charge in [-0.3, -0.25) is 0 Å². The first-order valence-electron chi connectivity index (χ1n) is 4.36. The Morgan fingerprint density at radius 2 is 2.46 bits per heavy atom. The van der Waals surface area contributed by atoms with Gasteiger partial charge in [0.1, 0.15) is 12.9 Å². The number of hydrogen-bond donors (Lipinski definition) is 1. The zero-order valence-corrected chi connectivity index (χ0v) is 8.79. The standard InChI is InChI=1S/C8H15N3OS/c1-3-13-5-7(2)11-6-9-10-8(11)4-12/h6-7,12H,3-5H2,1-2H3. The van der Waals surface area contributed by atoms with Crippen LogP contribution in [0.15, 0.2) is 6.33 Å². The predicted molar refractivity (Wildman–Crippen MR) is 53.7 cm³/mol. The summed E-state index contributed by atoms with van der Waals surface area (Å²) < 4.78 is 1.92. The number of thioether (sulfide) groups is 1. The maximum Gasteiger partial charge on any atom is 0.158 e. The number of aliphatic hydroxyl groups excluding tert-OH is 1. The zero-order valence-electron chi connectivity index (χ0n) is 7.97. The second-order valence-corrected chi connectivity index (χ2v) is 4.14. The summed E-state index contributed by atoms with van der Waals surface area (Å²) >= 11 is 1.88. The Morgan fingerprint density at radius 1 is 1.69 bits per heavy atom. The maximum atomic E-state index is 8.95. The van der Waals surface area contributed by atoms with Gasteiger partial charge in [0.2, 0.25) is 0 Å². The van der Waals surface area contributed by atoms with Gasteiger partial charge in [-0.05, 0) is 12.7 Å². The van der Waals surface area contributed by atoms with Crippen LogP contribution in [0.25, 0.3) is 0 Å². The molecule has 1 rings (SSSR count). The minimum atomic E-state index is -0.0405. The van der Waals surface area contributed by atoms with Crippen LogP contribution in [0.3, 0.4) is 0 Å². The van der Waals surface area contributed by atoms with Gasteiger partial charge >= 0.3 is 0 Å². The lowest BCUT2D eigenvalue weighted by Gasteiger charge is -2.13. The van der Waals surface area contributed by atoms with Crippen molar-refractivity contribution < 1.29 is 5.11 Å². The lowest BCUT2D eigenvalue weighted by Crippen LogP contribution is -2.10. The Balaban J connectivity index is 2.59. The molecule has 1 unspecified atom stereocenters. The molecule has 1 N–H and O–H groups in total. The van der Waals surface area contributed by atoms with Crippen LogP contribution in [-0.4, -0.2) is 31.4 Å². The third kappa shape index (κ3) is 2.70. The Kier molecular flexibility index (Phi) is 4.24. The lowest BCUT2D eigenvalue weighted by molar-refractivity contribution is 0.262. The second-order valence-electron chi connectivity index (χ2n) is 2.82. The van der Waals surface area contributed by atoms with Crippen LogP contribution >= 0.6 is 11.8 Å². The summed E-state index contributed by atoms with van der Waals surface area (Å²) in [6, 6.07) is 0.349. The number of hydrogen-bond acceptors (Lipinski definition) is 4. The summed E-state index contributed by atoms with van der Waals surface area (Å²) in [6.45, 7) is 4.20. The van der Waals surface area contributed by atoms with Crippen LogP contribution in [0, 0.1) is 0 Å². The molecule has 0 aliphatic carbocycles. The van der Waals surface area contributed by atoms with Gasteiger partial charge in [-0.1, -0.05) is 6.92 Å². The highest BCUT2D eigenvalue weighted by molar-refractivity contribution is 7.99. The number of aliphatic hydroxyl groups is 1. The Bertz CT molecular complexity index is 251. The first-order valence-corrected chi connectivity index (χ1v) is 5.52. The van der Waals surface area contributed by atoms with Crippen LogP contribution < -0.4 is 0 Å². The Labute approximate surface area is 82.4 Å². The van der Waals surface area contributed by atoms with Gasteiger partial charge < -0.3 is 9.67 Å². The molecule has 0 bridgehead atoms. The van der Waals surface area contributed by atoms with Crippen LogP contribution in [0.2, 0.25) is 0 Å². The molecule has 0 amide bonds. The van der Waals surface area contributed by atoms with Crippen LogP contribution in [0.4, 0.5) is 0 Å². The maximum absolute atomic E-state index is 8.95. The molecular formula is C8H15N3OS. The Hall–Kier alpha value is -0.550. The van der Waals surface area contributed by atoms with Gasteiger partial charge in [0, 0.05) is 11.8 Å². The fourth-order valence-corrected chi connectivity index (χ4v) is 1.85. The molecule has 13 heavy (non-hydrogen) atoms. The third-order valence-corrected chi connectivity index (χ3v) is 2.95. The van der Waals surface area contributed by atoms with E-state index in [9.17, 15) is 0 Å². The van der Waals surface area contributed by atoms with Gasteiger partial charge in [0.05, 0.1) is 0 Å². The van der Waals surface area contributed by atoms with Crippen molar-refractivity contribution in [3.8, 4) is 0 Å². The summed E-state index contributed by atoms with van der Waals surface area (Å²) in [6.07, 6.45) is 1.67. The average molecular weight is 201 g/mol. The topological polar surface area (TPSA) is 50.9 Å². The zero-order chi connectivity index (χ0) is 9.68. The van der Waals surface area contributed by atoms with E-state index in [1.807, 2.05) is 16.3 Å². The second kappa shape index (κ2) is 5.24. The van der Waals surface area contributed by atoms with Crippen molar-refractivity contribution in [3.05, 3.63) is 12.2 Å². The smallest absolute Gasteiger partial charge is 0.158 e. The predicted octanol–water partition coefficient (Wildman–Crippen LogP) is 1.08. The molecule has 74 valence electrons. The highest BCUT2D eigenvalue weighted by Gasteiger charge is 2.09. The highest BCUT2D eigenvalue weighted by Crippen LogP contribution is 2.14. The molecule has 1 heterocycles. The van der Waals surface area contributed by atoms with Crippen molar-refractivity contribution in [2.24, 2.45) is 0 Å². The molecule has 1 atom stereocenters. The van der Waals surface area contributed by atoms with Crippen LogP contribution in [0.5, 0.6) is 0 Å². The molecule has 1 aromatic rings. The molecule has 5 heteroatoms. The minimum Gasteiger partial charge on any atom is -0.388 e. The fourth-order valence-electron chi connectivity index (χ4n) is 1.12. The molecule has 0 fully saturated rings. The fraction of sp³-hybridized carbons (Fsp3) is 0.750. The molecule has 1 aromatic heterocycles. The van der Waals surface area contributed by atoms with E-state index in [1.54, 1.807) is 6.33 Å². The molecule has 0 aromatic carbocycles. The van der Waals surface area contributed by atoms with Crippen molar-refractivity contribution in [1.82, 2.24) is 14.8 Å². The van der Waals surface area contributed by atoms with Crippen molar-refractivity contribution >= 4 is 11.8 Å². The molecule has 4 nitrogen and oxygen atoms in total. The van der Waals surface area contributed by atoms with E-state index >= 15 is 0 Å². The molecule has 0 aliphatic rings. The van der Waals surface area contributed by atoms with E-state index < -0.39 is 0 Å². The van der Waals surface area contributed by atoms with E-state index in [4.69, 9.17) is 5.11 Å². The van der Waals surface area contributed by atoms with Crippen molar-refractivity contribution in [2.75, 3.05) is 11.5 Å². The van der Waals surface area contributed by atoms with Gasteiger partial charge in [-0.15, -0.1) is 10.2 Å². The average Bonchev–Trinajstić information content (AvgIpc) is 2.61. The summed E-state index contributed by atoms with van der Waals surface area (Å²) in [5.74, 6) is 2.78. The van der Waals surface area contributed by atoms with Gasteiger partial charge in [0.25, 0.3) is 0 Å². The van der Waals surface area contributed by atoms with E-state index in [0.717, 1.165) is 11.5 Å². The number of rotatable bonds is 5. The van der Waals surface area contributed by atoms with Crippen molar-refractivity contribution in [3.63, 3.8) is 0 Å². The van der Waals surface area contributed by atoms with Crippen molar-refractivity contribution in [1.29, 1.82) is 0 Å². The summed E-state index contributed by atoms with van der Waals surface area (Å²) in [7, 11) is 0. The first kappa shape index (κ1) is 10.5. The number of nitrogens with zero attached hydrogens (tertiary/aromatic N) is 3. The van der Waals surface area contributed by atoms with E-state index in [1.165, 1.54) is 0 Å². The van der Waals surface area contributed by atoms with E-state index in [2.05, 4.69) is 24.0 Å². The van der Waals surface area contributed by atoms with Crippen LogP contribution in [0.1, 0.15) is 25.7 Å².